The number of piperazine rings is 1. The number of rotatable bonds is 4. The van der Waals surface area contributed by atoms with Gasteiger partial charge in [0.2, 0.25) is 12.4 Å². The van der Waals surface area contributed by atoms with Gasteiger partial charge in [-0.2, -0.15) is 4.98 Å². The van der Waals surface area contributed by atoms with Crippen LogP contribution < -0.4 is 9.80 Å². The molecule has 1 aromatic carbocycles. The molecule has 7 nitrogen and oxygen atoms in total. The van der Waals surface area contributed by atoms with E-state index in [4.69, 9.17) is 14.7 Å². The lowest BCUT2D eigenvalue weighted by Crippen LogP contribution is -2.46. The molecule has 0 atom stereocenters. The maximum Gasteiger partial charge on any atom is 0.228 e. The van der Waals surface area contributed by atoms with Crippen molar-refractivity contribution in [1.82, 2.24) is 14.9 Å². The number of carbonyl (C=O) groups is 1. The first-order valence-corrected chi connectivity index (χ1v) is 9.05. The summed E-state index contributed by atoms with van der Waals surface area (Å²) in [6.45, 7) is 6.02. The fraction of sp³-hybridized carbons (Fsp3) is 0.421. The fourth-order valence-electron chi connectivity index (χ4n) is 3.30. The highest BCUT2D eigenvalue weighted by molar-refractivity contribution is 5.65. The highest BCUT2D eigenvalue weighted by atomic mass is 16.5. The van der Waals surface area contributed by atoms with Gasteiger partial charge in [-0.1, -0.05) is 30.3 Å². The number of ether oxygens (including phenoxy) is 1. The molecule has 0 unspecified atom stereocenters. The van der Waals surface area contributed by atoms with E-state index in [1.165, 1.54) is 0 Å². The van der Waals surface area contributed by atoms with E-state index in [2.05, 4.69) is 28.0 Å². The Balaban J connectivity index is 1.67. The van der Waals surface area contributed by atoms with Crippen LogP contribution in [0, 0.1) is 0 Å². The van der Waals surface area contributed by atoms with Crippen molar-refractivity contribution in [2.24, 2.45) is 0 Å². The van der Waals surface area contributed by atoms with Gasteiger partial charge in [0.25, 0.3) is 0 Å². The second-order valence-corrected chi connectivity index (χ2v) is 6.51. The highest BCUT2D eigenvalue weighted by Crippen LogP contribution is 2.25. The second kappa shape index (κ2) is 7.70. The first kappa shape index (κ1) is 16.8. The van der Waals surface area contributed by atoms with Gasteiger partial charge in [-0.15, -0.1) is 0 Å². The largest absolute Gasteiger partial charge is 0.378 e. The van der Waals surface area contributed by atoms with Gasteiger partial charge in [-0.3, -0.25) is 4.79 Å². The molecule has 4 rings (SSSR count). The zero-order chi connectivity index (χ0) is 17.8. The average Bonchev–Trinajstić information content (AvgIpc) is 2.75. The molecule has 0 saturated carbocycles. The monoisotopic (exact) mass is 353 g/mol. The molecule has 0 spiro atoms. The van der Waals surface area contributed by atoms with Crippen LogP contribution in [0.25, 0.3) is 11.3 Å². The predicted octanol–water partition coefficient (Wildman–Crippen LogP) is 1.26. The maximum absolute atomic E-state index is 11.0. The Bertz CT molecular complexity index is 741. The smallest absolute Gasteiger partial charge is 0.228 e. The molecule has 136 valence electrons. The van der Waals surface area contributed by atoms with Crippen molar-refractivity contribution in [3.63, 3.8) is 0 Å². The lowest BCUT2D eigenvalue weighted by Gasteiger charge is -2.34. The summed E-state index contributed by atoms with van der Waals surface area (Å²) >= 11 is 0. The summed E-state index contributed by atoms with van der Waals surface area (Å²) in [6, 6.07) is 12.3. The molecule has 0 radical (unpaired) electrons. The zero-order valence-corrected chi connectivity index (χ0v) is 14.8. The molecule has 3 heterocycles. The van der Waals surface area contributed by atoms with Gasteiger partial charge in [-0.05, 0) is 0 Å². The first-order chi connectivity index (χ1) is 12.8. The third-order valence-corrected chi connectivity index (χ3v) is 4.85. The van der Waals surface area contributed by atoms with Crippen LogP contribution in [0.15, 0.2) is 36.4 Å². The van der Waals surface area contributed by atoms with E-state index >= 15 is 0 Å². The van der Waals surface area contributed by atoms with Crippen LogP contribution in [-0.2, 0) is 9.53 Å². The van der Waals surface area contributed by atoms with Crippen LogP contribution in [0.2, 0.25) is 0 Å². The Hall–Kier alpha value is -2.67. The third kappa shape index (κ3) is 3.62. The highest BCUT2D eigenvalue weighted by Gasteiger charge is 2.21. The Morgan fingerprint density at radius 1 is 0.885 bits per heavy atom. The van der Waals surface area contributed by atoms with E-state index in [1.807, 2.05) is 18.2 Å². The number of hydrogen-bond acceptors (Lipinski definition) is 6. The van der Waals surface area contributed by atoms with Crippen molar-refractivity contribution in [2.45, 2.75) is 0 Å². The maximum atomic E-state index is 11.0. The van der Waals surface area contributed by atoms with E-state index in [-0.39, 0.29) is 0 Å². The molecule has 2 fully saturated rings. The molecule has 2 aliphatic rings. The van der Waals surface area contributed by atoms with Gasteiger partial charge in [0.1, 0.15) is 5.82 Å². The van der Waals surface area contributed by atoms with Crippen LogP contribution in [-0.4, -0.2) is 73.8 Å². The molecule has 7 heteroatoms. The zero-order valence-electron chi connectivity index (χ0n) is 14.8. The molecule has 2 saturated heterocycles. The molecule has 1 aromatic heterocycles. The Labute approximate surface area is 153 Å². The van der Waals surface area contributed by atoms with Crippen molar-refractivity contribution in [2.75, 3.05) is 62.3 Å². The van der Waals surface area contributed by atoms with Crippen molar-refractivity contribution in [3.8, 4) is 11.3 Å². The van der Waals surface area contributed by atoms with Crippen molar-refractivity contribution < 1.29 is 9.53 Å². The normalized spacial score (nSPS) is 18.1. The van der Waals surface area contributed by atoms with Crippen molar-refractivity contribution in [3.05, 3.63) is 36.4 Å². The molecular formula is C19H23N5O2. The summed E-state index contributed by atoms with van der Waals surface area (Å²) in [7, 11) is 0. The Kier molecular flexibility index (Phi) is 4.97. The van der Waals surface area contributed by atoms with Gasteiger partial charge in [0.05, 0.1) is 18.9 Å². The third-order valence-electron chi connectivity index (χ3n) is 4.85. The number of amides is 1. The van der Waals surface area contributed by atoms with Crippen LogP contribution in [0.3, 0.4) is 0 Å². The molecule has 1 amide bonds. The molecule has 2 aliphatic heterocycles. The molecule has 26 heavy (non-hydrogen) atoms. The topological polar surface area (TPSA) is 61.8 Å². The van der Waals surface area contributed by atoms with Gasteiger partial charge in [-0.25, -0.2) is 4.98 Å². The van der Waals surface area contributed by atoms with Gasteiger partial charge in [0, 0.05) is 50.9 Å². The van der Waals surface area contributed by atoms with Gasteiger partial charge >= 0.3 is 0 Å². The molecule has 0 N–H and O–H groups in total. The van der Waals surface area contributed by atoms with E-state index in [1.54, 1.807) is 4.90 Å². The van der Waals surface area contributed by atoms with Crippen LogP contribution in [0.5, 0.6) is 0 Å². The van der Waals surface area contributed by atoms with Crippen molar-refractivity contribution in [1.29, 1.82) is 0 Å². The van der Waals surface area contributed by atoms with E-state index in [0.717, 1.165) is 68.8 Å². The summed E-state index contributed by atoms with van der Waals surface area (Å²) in [5, 5.41) is 0. The Morgan fingerprint density at radius 2 is 1.62 bits per heavy atom. The molecule has 0 aliphatic carbocycles. The summed E-state index contributed by atoms with van der Waals surface area (Å²) in [6.07, 6.45) is 0.914. The van der Waals surface area contributed by atoms with Gasteiger partial charge < -0.3 is 19.4 Å². The number of hydrogen-bond donors (Lipinski definition) is 0. The van der Waals surface area contributed by atoms with E-state index in [0.29, 0.717) is 13.1 Å². The minimum absolute atomic E-state index is 0.704. The molecule has 2 aromatic rings. The standard InChI is InChI=1S/C19H23N5O2/c25-15-22-6-8-24(9-7-22)19-20-17(16-4-2-1-3-5-16)14-18(21-19)23-10-12-26-13-11-23/h1-5,14-15H,6-13H2. The van der Waals surface area contributed by atoms with E-state index < -0.39 is 0 Å². The van der Waals surface area contributed by atoms with E-state index in [9.17, 15) is 4.79 Å². The molecular weight excluding hydrogens is 330 g/mol. The van der Waals surface area contributed by atoms with Crippen LogP contribution in [0.4, 0.5) is 11.8 Å². The summed E-state index contributed by atoms with van der Waals surface area (Å²) in [5.41, 5.74) is 2.01. The van der Waals surface area contributed by atoms with Crippen LogP contribution in [0.1, 0.15) is 0 Å². The summed E-state index contributed by atoms with van der Waals surface area (Å²) in [4.78, 5) is 26.8. The lowest BCUT2D eigenvalue weighted by molar-refractivity contribution is -0.118. The van der Waals surface area contributed by atoms with Crippen molar-refractivity contribution >= 4 is 18.2 Å². The number of benzene rings is 1. The second-order valence-electron chi connectivity index (χ2n) is 6.51. The average molecular weight is 353 g/mol. The molecule has 0 bridgehead atoms. The first-order valence-electron chi connectivity index (χ1n) is 9.05. The summed E-state index contributed by atoms with van der Waals surface area (Å²) < 4.78 is 5.47. The number of anilines is 2. The number of morpholine rings is 1. The quantitative estimate of drug-likeness (QED) is 0.771. The lowest BCUT2D eigenvalue weighted by atomic mass is 10.1. The summed E-state index contributed by atoms with van der Waals surface area (Å²) in [5.74, 6) is 1.67. The number of nitrogens with zero attached hydrogens (tertiary/aromatic N) is 5. The Morgan fingerprint density at radius 3 is 2.31 bits per heavy atom. The van der Waals surface area contributed by atoms with Crippen LogP contribution >= 0.6 is 0 Å². The minimum atomic E-state index is 0.704. The number of aromatic nitrogens is 2. The fourth-order valence-corrected chi connectivity index (χ4v) is 3.30. The van der Waals surface area contributed by atoms with Gasteiger partial charge in [0.15, 0.2) is 0 Å². The predicted molar refractivity (Wildman–Crippen MR) is 100 cm³/mol. The number of carbonyl (C=O) groups excluding carboxylic acids is 1. The minimum Gasteiger partial charge on any atom is -0.378 e. The SMILES string of the molecule is O=CN1CCN(c2nc(-c3ccccc3)cc(N3CCOCC3)n2)CC1.